The van der Waals surface area contributed by atoms with Crippen molar-refractivity contribution in [1.29, 1.82) is 0 Å². The molecule has 17 heavy (non-hydrogen) atoms. The Morgan fingerprint density at radius 2 is 2.06 bits per heavy atom. The normalized spacial score (nSPS) is 10.5. The van der Waals surface area contributed by atoms with Gasteiger partial charge in [-0.2, -0.15) is 5.10 Å². The molecule has 0 saturated carbocycles. The highest BCUT2D eigenvalue weighted by atomic mass is 16.2. The molecule has 1 amide bonds. The van der Waals surface area contributed by atoms with Crippen LogP contribution in [0.4, 0.5) is 0 Å². The Bertz CT molecular complexity index is 633. The number of nitrogens with zero attached hydrogens (tertiary/aromatic N) is 2. The van der Waals surface area contributed by atoms with E-state index in [1.807, 2.05) is 5.43 Å². The zero-order chi connectivity index (χ0) is 12.4. The van der Waals surface area contributed by atoms with Crippen LogP contribution >= 0.6 is 0 Å². The van der Waals surface area contributed by atoms with Crippen LogP contribution < -0.4 is 16.8 Å². The summed E-state index contributed by atoms with van der Waals surface area (Å²) in [7, 11) is 0. The predicted octanol–water partition coefficient (Wildman–Crippen LogP) is 0.0199. The van der Waals surface area contributed by atoms with Crippen molar-refractivity contribution in [3.8, 4) is 0 Å². The fraction of sp³-hybridized carbons (Fsp3) is 0.182. The number of nitrogens with two attached hydrogens (primary N) is 1. The lowest BCUT2D eigenvalue weighted by atomic mass is 10.1. The lowest BCUT2D eigenvalue weighted by Crippen LogP contribution is -2.34. The lowest BCUT2D eigenvalue weighted by Gasteiger charge is -2.07. The van der Waals surface area contributed by atoms with E-state index < -0.39 is 5.91 Å². The average molecular weight is 232 g/mol. The Balaban J connectivity index is 2.88. The Morgan fingerprint density at radius 1 is 1.41 bits per heavy atom. The number of amides is 1. The molecule has 3 N–H and O–H groups in total. The highest BCUT2D eigenvalue weighted by molar-refractivity contribution is 6.04. The van der Waals surface area contributed by atoms with E-state index in [-0.39, 0.29) is 11.3 Å². The number of hydrazine groups is 1. The first-order valence-electron chi connectivity index (χ1n) is 5.19. The summed E-state index contributed by atoms with van der Waals surface area (Å²) in [6.45, 7) is 2.18. The number of hydrogen-bond acceptors (Lipinski definition) is 4. The van der Waals surface area contributed by atoms with E-state index in [9.17, 15) is 9.59 Å². The van der Waals surface area contributed by atoms with Crippen molar-refractivity contribution < 1.29 is 4.79 Å². The topological polar surface area (TPSA) is 90.0 Å². The van der Waals surface area contributed by atoms with Gasteiger partial charge in [0.25, 0.3) is 11.5 Å². The van der Waals surface area contributed by atoms with Gasteiger partial charge in [-0.05, 0) is 13.0 Å². The number of rotatable bonds is 2. The number of carbonyl (C=O) groups is 1. The van der Waals surface area contributed by atoms with Gasteiger partial charge in [0.15, 0.2) is 5.69 Å². The number of nitrogen functional groups attached to an aromatic ring is 1. The number of aryl methyl sites for hydroxylation is 1. The van der Waals surface area contributed by atoms with Gasteiger partial charge in [-0.25, -0.2) is 10.5 Å². The molecule has 0 aliphatic carbocycles. The van der Waals surface area contributed by atoms with E-state index >= 15 is 0 Å². The van der Waals surface area contributed by atoms with Crippen LogP contribution in [0.25, 0.3) is 10.8 Å². The molecule has 0 unspecified atom stereocenters. The summed E-state index contributed by atoms with van der Waals surface area (Å²) in [5, 5.41) is 4.97. The van der Waals surface area contributed by atoms with Crippen molar-refractivity contribution in [2.24, 2.45) is 5.84 Å². The minimum absolute atomic E-state index is 0.157. The number of hydrogen-bond donors (Lipinski definition) is 2. The summed E-state index contributed by atoms with van der Waals surface area (Å²) >= 11 is 0. The first kappa shape index (κ1) is 11.3. The Labute approximate surface area is 97.0 Å². The van der Waals surface area contributed by atoms with Crippen LogP contribution in [0.15, 0.2) is 29.1 Å². The molecule has 88 valence electrons. The van der Waals surface area contributed by atoms with E-state index in [1.165, 1.54) is 4.68 Å². The third-order valence-electron chi connectivity index (χ3n) is 2.51. The minimum atomic E-state index is -0.511. The van der Waals surface area contributed by atoms with E-state index in [0.717, 1.165) is 0 Å². The van der Waals surface area contributed by atoms with Crippen molar-refractivity contribution in [1.82, 2.24) is 15.2 Å². The van der Waals surface area contributed by atoms with Crippen LogP contribution in [0, 0.1) is 0 Å². The van der Waals surface area contributed by atoms with Gasteiger partial charge in [0.05, 0.1) is 5.39 Å². The molecule has 0 saturated heterocycles. The first-order valence-corrected chi connectivity index (χ1v) is 5.19. The number of fused-ring (bicyclic) bond motifs is 1. The van der Waals surface area contributed by atoms with E-state index in [2.05, 4.69) is 5.10 Å². The van der Waals surface area contributed by atoms with Gasteiger partial charge in [0, 0.05) is 11.9 Å². The molecule has 1 aromatic carbocycles. The molecule has 1 heterocycles. The summed E-state index contributed by atoms with van der Waals surface area (Å²) in [6, 6.07) is 6.83. The molecule has 0 bridgehead atoms. The fourth-order valence-corrected chi connectivity index (χ4v) is 1.69. The molecule has 2 rings (SSSR count). The van der Waals surface area contributed by atoms with Gasteiger partial charge in [-0.3, -0.25) is 15.0 Å². The Kier molecular flexibility index (Phi) is 2.88. The van der Waals surface area contributed by atoms with Gasteiger partial charge in [-0.15, -0.1) is 0 Å². The molecule has 0 radical (unpaired) electrons. The maximum absolute atomic E-state index is 12.0. The SMILES string of the molecule is CCn1nc(C(=O)NN)c2ccccc2c1=O. The smallest absolute Gasteiger partial charge is 0.286 e. The van der Waals surface area contributed by atoms with Crippen molar-refractivity contribution in [2.45, 2.75) is 13.5 Å². The largest absolute Gasteiger partial charge is 0.289 e. The van der Waals surface area contributed by atoms with E-state index in [0.29, 0.717) is 17.3 Å². The van der Waals surface area contributed by atoms with Gasteiger partial charge in [0.1, 0.15) is 0 Å². The van der Waals surface area contributed by atoms with E-state index in [1.54, 1.807) is 31.2 Å². The third-order valence-corrected chi connectivity index (χ3v) is 2.51. The predicted molar refractivity (Wildman–Crippen MR) is 63.3 cm³/mol. The highest BCUT2D eigenvalue weighted by Gasteiger charge is 2.14. The van der Waals surface area contributed by atoms with Gasteiger partial charge in [0.2, 0.25) is 0 Å². The van der Waals surface area contributed by atoms with Crippen molar-refractivity contribution in [3.63, 3.8) is 0 Å². The van der Waals surface area contributed by atoms with Crippen LogP contribution in [0.3, 0.4) is 0 Å². The highest BCUT2D eigenvalue weighted by Crippen LogP contribution is 2.12. The van der Waals surface area contributed by atoms with Crippen molar-refractivity contribution in [2.75, 3.05) is 0 Å². The number of benzene rings is 1. The summed E-state index contributed by atoms with van der Waals surface area (Å²) in [5.74, 6) is 4.59. The molecule has 0 spiro atoms. The first-order chi connectivity index (χ1) is 8.19. The molecule has 6 nitrogen and oxygen atoms in total. The quantitative estimate of drug-likeness (QED) is 0.434. The van der Waals surface area contributed by atoms with Crippen LogP contribution in [0.5, 0.6) is 0 Å². The monoisotopic (exact) mass is 232 g/mol. The second kappa shape index (κ2) is 4.34. The molecule has 0 aliphatic rings. The van der Waals surface area contributed by atoms with E-state index in [4.69, 9.17) is 5.84 Å². The zero-order valence-electron chi connectivity index (χ0n) is 9.30. The second-order valence-electron chi connectivity index (χ2n) is 3.49. The van der Waals surface area contributed by atoms with Crippen LogP contribution in [0.2, 0.25) is 0 Å². The maximum atomic E-state index is 12.0. The lowest BCUT2D eigenvalue weighted by molar-refractivity contribution is 0.0948. The zero-order valence-corrected chi connectivity index (χ0v) is 9.30. The van der Waals surface area contributed by atoms with Crippen LogP contribution in [-0.2, 0) is 6.54 Å². The summed E-state index contributed by atoms with van der Waals surface area (Å²) < 4.78 is 1.24. The standard InChI is InChI=1S/C11H12N4O2/c1-2-15-11(17)8-6-4-3-5-7(8)9(14-15)10(16)13-12/h3-6H,2,12H2,1H3,(H,13,16). The molecule has 1 aromatic heterocycles. The molecule has 2 aromatic rings. The fourth-order valence-electron chi connectivity index (χ4n) is 1.69. The third kappa shape index (κ3) is 1.78. The summed E-state index contributed by atoms with van der Waals surface area (Å²) in [4.78, 5) is 23.6. The Hall–Kier alpha value is -2.21. The molecule has 0 fully saturated rings. The van der Waals surface area contributed by atoms with Crippen molar-refractivity contribution >= 4 is 16.7 Å². The molecule has 0 aliphatic heterocycles. The Morgan fingerprint density at radius 3 is 2.65 bits per heavy atom. The second-order valence-corrected chi connectivity index (χ2v) is 3.49. The number of carbonyl (C=O) groups excluding carboxylic acids is 1. The molecular formula is C11H12N4O2. The van der Waals surface area contributed by atoms with Crippen molar-refractivity contribution in [3.05, 3.63) is 40.3 Å². The molecular weight excluding hydrogens is 220 g/mol. The average Bonchev–Trinajstić information content (AvgIpc) is 2.38. The number of aromatic nitrogens is 2. The summed E-state index contributed by atoms with van der Waals surface area (Å²) in [6.07, 6.45) is 0. The van der Waals surface area contributed by atoms with Crippen LogP contribution in [-0.4, -0.2) is 15.7 Å². The van der Waals surface area contributed by atoms with Gasteiger partial charge in [-0.1, -0.05) is 18.2 Å². The molecule has 0 atom stereocenters. The summed E-state index contributed by atoms with van der Waals surface area (Å²) in [5.41, 5.74) is 1.97. The molecule has 6 heteroatoms. The number of nitrogens with one attached hydrogen (secondary N) is 1. The van der Waals surface area contributed by atoms with Gasteiger partial charge < -0.3 is 0 Å². The minimum Gasteiger partial charge on any atom is -0.289 e. The maximum Gasteiger partial charge on any atom is 0.286 e. The van der Waals surface area contributed by atoms with Gasteiger partial charge >= 0.3 is 0 Å². The van der Waals surface area contributed by atoms with Crippen LogP contribution in [0.1, 0.15) is 17.4 Å².